The minimum absolute atomic E-state index is 0.0173. The van der Waals surface area contributed by atoms with Gasteiger partial charge in [0.25, 0.3) is 5.91 Å². The van der Waals surface area contributed by atoms with Crippen molar-refractivity contribution in [1.82, 2.24) is 0 Å². The Balaban J connectivity index is 2.35. The fraction of sp³-hybridized carbons (Fsp3) is 0. The molecule has 2 nitrogen and oxygen atoms in total. The number of carbonyl (C=O) groups is 1. The highest BCUT2D eigenvalue weighted by atomic mass is 35.5. The van der Waals surface area contributed by atoms with Crippen molar-refractivity contribution >= 4 is 47.4 Å². The summed E-state index contributed by atoms with van der Waals surface area (Å²) < 4.78 is 26.6. The molecule has 0 spiro atoms. The molecule has 7 heteroatoms. The van der Waals surface area contributed by atoms with Gasteiger partial charge in [-0.15, -0.1) is 12.6 Å². The number of halogens is 4. The Morgan fingerprint density at radius 3 is 2.30 bits per heavy atom. The smallest absolute Gasteiger partial charge is 0.258 e. The van der Waals surface area contributed by atoms with E-state index in [2.05, 4.69) is 17.9 Å². The molecule has 1 N–H and O–H groups in total. The second kappa shape index (κ2) is 5.99. The predicted molar refractivity (Wildman–Crippen MR) is 78.0 cm³/mol. The van der Waals surface area contributed by atoms with Gasteiger partial charge in [-0.1, -0.05) is 23.2 Å². The molecular formula is C13H7Cl2F2NOS. The molecule has 0 aromatic heterocycles. The Bertz CT molecular complexity index is 671. The molecule has 0 radical (unpaired) electrons. The summed E-state index contributed by atoms with van der Waals surface area (Å²) >= 11 is 15.6. The first-order valence-electron chi connectivity index (χ1n) is 5.33. The summed E-state index contributed by atoms with van der Waals surface area (Å²) in [4.78, 5) is 12.4. The van der Waals surface area contributed by atoms with Crippen LogP contribution in [0.3, 0.4) is 0 Å². The van der Waals surface area contributed by atoms with Crippen molar-refractivity contribution in [3.63, 3.8) is 0 Å². The molecule has 20 heavy (non-hydrogen) atoms. The van der Waals surface area contributed by atoms with Crippen LogP contribution in [0, 0.1) is 11.6 Å². The number of benzene rings is 2. The fourth-order valence-corrected chi connectivity index (χ4v) is 2.29. The van der Waals surface area contributed by atoms with Crippen LogP contribution in [0.4, 0.5) is 14.5 Å². The molecule has 0 bridgehead atoms. The molecule has 104 valence electrons. The normalized spacial score (nSPS) is 10.4. The zero-order chi connectivity index (χ0) is 14.9. The van der Waals surface area contributed by atoms with Crippen LogP contribution < -0.4 is 5.32 Å². The molecule has 0 atom stereocenters. The highest BCUT2D eigenvalue weighted by Gasteiger charge is 2.16. The van der Waals surface area contributed by atoms with Crippen LogP contribution in [-0.2, 0) is 0 Å². The topological polar surface area (TPSA) is 29.1 Å². The van der Waals surface area contributed by atoms with Crippen LogP contribution in [0.2, 0.25) is 10.0 Å². The van der Waals surface area contributed by atoms with Crippen molar-refractivity contribution in [2.75, 3.05) is 5.32 Å². The Hall–Kier alpha value is -1.30. The van der Waals surface area contributed by atoms with Crippen molar-refractivity contribution in [2.45, 2.75) is 4.90 Å². The maximum Gasteiger partial charge on any atom is 0.258 e. The average molecular weight is 334 g/mol. The molecule has 1 amide bonds. The monoisotopic (exact) mass is 333 g/mol. The van der Waals surface area contributed by atoms with Gasteiger partial charge in [-0.25, -0.2) is 8.78 Å². The van der Waals surface area contributed by atoms with Gasteiger partial charge in [-0.2, -0.15) is 0 Å². The maximum absolute atomic E-state index is 13.6. The number of carbonyl (C=O) groups excluding carboxylic acids is 1. The van der Waals surface area contributed by atoms with Gasteiger partial charge in [0.15, 0.2) is 0 Å². The third-order valence-electron chi connectivity index (χ3n) is 2.44. The molecule has 0 aliphatic rings. The van der Waals surface area contributed by atoms with E-state index in [-0.39, 0.29) is 21.3 Å². The first-order chi connectivity index (χ1) is 9.38. The van der Waals surface area contributed by atoms with E-state index in [4.69, 9.17) is 23.2 Å². The first-order valence-corrected chi connectivity index (χ1v) is 6.53. The molecular weight excluding hydrogens is 327 g/mol. The van der Waals surface area contributed by atoms with E-state index < -0.39 is 17.5 Å². The van der Waals surface area contributed by atoms with Gasteiger partial charge in [0.05, 0.1) is 21.3 Å². The Morgan fingerprint density at radius 1 is 1.10 bits per heavy atom. The van der Waals surface area contributed by atoms with Crippen LogP contribution in [-0.4, -0.2) is 5.91 Å². The number of anilines is 1. The Kier molecular flexibility index (Phi) is 4.52. The van der Waals surface area contributed by atoms with E-state index >= 15 is 0 Å². The summed E-state index contributed by atoms with van der Waals surface area (Å²) in [5.41, 5.74) is -0.197. The molecule has 0 aliphatic heterocycles. The lowest BCUT2D eigenvalue weighted by atomic mass is 10.2. The number of hydrogen-bond acceptors (Lipinski definition) is 2. The second-order valence-corrected chi connectivity index (χ2v) is 5.19. The maximum atomic E-state index is 13.6. The van der Waals surface area contributed by atoms with Crippen molar-refractivity contribution in [1.29, 1.82) is 0 Å². The molecule has 0 saturated carbocycles. The zero-order valence-corrected chi connectivity index (χ0v) is 12.2. The SMILES string of the molecule is O=C(Nc1c(Cl)cc(F)cc1Cl)c1cc(S)ccc1F. The van der Waals surface area contributed by atoms with Crippen molar-refractivity contribution in [3.05, 3.63) is 57.6 Å². The third kappa shape index (κ3) is 3.23. The van der Waals surface area contributed by atoms with Crippen molar-refractivity contribution in [2.24, 2.45) is 0 Å². The van der Waals surface area contributed by atoms with Gasteiger partial charge in [0, 0.05) is 4.90 Å². The standard InChI is InChI=1S/C13H7Cl2F2NOS/c14-9-3-6(16)4-10(15)12(9)18-13(19)8-5-7(20)1-2-11(8)17/h1-5,20H,(H,18,19). The number of hydrogen-bond donors (Lipinski definition) is 2. The lowest BCUT2D eigenvalue weighted by Crippen LogP contribution is -2.14. The minimum atomic E-state index is -0.756. The fourth-order valence-electron chi connectivity index (χ4n) is 1.53. The molecule has 0 saturated heterocycles. The highest BCUT2D eigenvalue weighted by molar-refractivity contribution is 7.80. The molecule has 0 unspecified atom stereocenters. The summed E-state index contributed by atoms with van der Waals surface area (Å²) in [6, 6.07) is 5.78. The van der Waals surface area contributed by atoms with Gasteiger partial charge < -0.3 is 5.32 Å². The molecule has 0 fully saturated rings. The van der Waals surface area contributed by atoms with E-state index in [1.54, 1.807) is 0 Å². The van der Waals surface area contributed by atoms with Crippen LogP contribution in [0.25, 0.3) is 0 Å². The van der Waals surface area contributed by atoms with Crippen LogP contribution in [0.1, 0.15) is 10.4 Å². The van der Waals surface area contributed by atoms with Crippen LogP contribution in [0.15, 0.2) is 35.2 Å². The second-order valence-electron chi connectivity index (χ2n) is 3.86. The van der Waals surface area contributed by atoms with E-state index in [0.717, 1.165) is 18.2 Å². The lowest BCUT2D eigenvalue weighted by molar-refractivity contribution is 0.102. The summed E-state index contributed by atoms with van der Waals surface area (Å²) in [7, 11) is 0. The lowest BCUT2D eigenvalue weighted by Gasteiger charge is -2.10. The minimum Gasteiger partial charge on any atom is -0.319 e. The number of rotatable bonds is 2. The number of amides is 1. The summed E-state index contributed by atoms with van der Waals surface area (Å²) in [5.74, 6) is -2.11. The predicted octanol–water partition coefficient (Wildman–Crippen LogP) is 4.81. The van der Waals surface area contributed by atoms with E-state index in [0.29, 0.717) is 4.90 Å². The summed E-state index contributed by atoms with van der Waals surface area (Å²) in [5, 5.41) is 2.19. The number of nitrogens with one attached hydrogen (secondary N) is 1. The van der Waals surface area contributed by atoms with Crippen LogP contribution in [0.5, 0.6) is 0 Å². The Morgan fingerprint density at radius 2 is 1.70 bits per heavy atom. The van der Waals surface area contributed by atoms with Crippen molar-refractivity contribution in [3.8, 4) is 0 Å². The van der Waals surface area contributed by atoms with E-state index in [9.17, 15) is 13.6 Å². The van der Waals surface area contributed by atoms with Gasteiger partial charge in [-0.05, 0) is 30.3 Å². The largest absolute Gasteiger partial charge is 0.319 e. The Labute approximate surface area is 129 Å². The van der Waals surface area contributed by atoms with E-state index in [1.807, 2.05) is 0 Å². The molecule has 0 heterocycles. The van der Waals surface area contributed by atoms with Crippen molar-refractivity contribution < 1.29 is 13.6 Å². The quantitative estimate of drug-likeness (QED) is 0.758. The molecule has 2 rings (SSSR count). The first kappa shape index (κ1) is 15.1. The van der Waals surface area contributed by atoms with Gasteiger partial charge >= 0.3 is 0 Å². The molecule has 0 aliphatic carbocycles. The van der Waals surface area contributed by atoms with Gasteiger partial charge in [0.2, 0.25) is 0 Å². The number of thiol groups is 1. The molecule has 2 aromatic carbocycles. The summed E-state index contributed by atoms with van der Waals surface area (Å²) in [6.07, 6.45) is 0. The van der Waals surface area contributed by atoms with E-state index in [1.165, 1.54) is 12.1 Å². The average Bonchev–Trinajstić information content (AvgIpc) is 2.36. The summed E-state index contributed by atoms with van der Waals surface area (Å²) in [6.45, 7) is 0. The highest BCUT2D eigenvalue weighted by Crippen LogP contribution is 2.32. The van der Waals surface area contributed by atoms with Gasteiger partial charge in [0.1, 0.15) is 11.6 Å². The third-order valence-corrected chi connectivity index (χ3v) is 3.31. The molecule has 2 aromatic rings. The zero-order valence-electron chi connectivity index (χ0n) is 9.75. The van der Waals surface area contributed by atoms with Crippen LogP contribution >= 0.6 is 35.8 Å². The van der Waals surface area contributed by atoms with Gasteiger partial charge in [-0.3, -0.25) is 4.79 Å².